The van der Waals surface area contributed by atoms with Crippen molar-refractivity contribution in [2.24, 2.45) is 0 Å². The van der Waals surface area contributed by atoms with Gasteiger partial charge in [0.25, 0.3) is 0 Å². The van der Waals surface area contributed by atoms with E-state index in [1.54, 1.807) is 6.26 Å². The van der Waals surface area contributed by atoms with Gasteiger partial charge in [-0.2, -0.15) is 0 Å². The molecular weight excluding hydrogens is 255 g/mol. The lowest BCUT2D eigenvalue weighted by Gasteiger charge is -2.16. The molecule has 0 bridgehead atoms. The predicted molar refractivity (Wildman–Crippen MR) is 71.3 cm³/mol. The fourth-order valence-electron chi connectivity index (χ4n) is 1.73. The highest BCUT2D eigenvalue weighted by atomic mass is 35.5. The number of benzene rings is 1. The fourth-order valence-corrected chi connectivity index (χ4v) is 1.90. The van der Waals surface area contributed by atoms with Crippen molar-refractivity contribution >= 4 is 23.0 Å². The number of hydrogen-bond donors (Lipinski definition) is 2. The monoisotopic (exact) mass is 268 g/mol. The van der Waals surface area contributed by atoms with Crippen molar-refractivity contribution < 1.29 is 8.81 Å². The van der Waals surface area contributed by atoms with E-state index >= 15 is 0 Å². The Kier molecular flexibility index (Phi) is 3.77. The summed E-state index contributed by atoms with van der Waals surface area (Å²) in [6.45, 7) is 1.99. The molecule has 3 N–H and O–H groups in total. The van der Waals surface area contributed by atoms with Gasteiger partial charge in [-0.1, -0.05) is 11.6 Å². The van der Waals surface area contributed by atoms with Gasteiger partial charge in [0, 0.05) is 18.5 Å². The first kappa shape index (κ1) is 12.8. The Bertz CT molecular complexity index is 528. The minimum Gasteiger partial charge on any atom is -0.469 e. The topological polar surface area (TPSA) is 51.2 Å². The summed E-state index contributed by atoms with van der Waals surface area (Å²) in [5.74, 6) is 0.361. The van der Waals surface area contributed by atoms with Crippen LogP contribution in [0.2, 0.25) is 5.02 Å². The zero-order valence-electron chi connectivity index (χ0n) is 9.91. The van der Waals surface area contributed by atoms with Crippen LogP contribution in [-0.2, 0) is 6.42 Å². The lowest BCUT2D eigenvalue weighted by Crippen LogP contribution is -2.18. The van der Waals surface area contributed by atoms with Gasteiger partial charge in [-0.15, -0.1) is 0 Å². The van der Waals surface area contributed by atoms with Gasteiger partial charge in [0.05, 0.1) is 22.7 Å². The van der Waals surface area contributed by atoms with E-state index in [1.165, 1.54) is 12.1 Å². The van der Waals surface area contributed by atoms with Crippen LogP contribution in [0.3, 0.4) is 0 Å². The quantitative estimate of drug-likeness (QED) is 0.832. The molecule has 5 heteroatoms. The maximum Gasteiger partial charge on any atom is 0.143 e. The molecule has 1 aromatic carbocycles. The summed E-state index contributed by atoms with van der Waals surface area (Å²) < 4.78 is 18.4. The number of rotatable bonds is 4. The Morgan fingerprint density at radius 1 is 1.50 bits per heavy atom. The Hall–Kier alpha value is -1.68. The standard InChI is InChI=1S/C13H14ClFN2O/c1-8(5-9-3-2-4-18-9)17-13-6-10(14)11(15)7-12(13)16/h2-4,6-8,17H,5,16H2,1H3. The van der Waals surface area contributed by atoms with Gasteiger partial charge in [-0.3, -0.25) is 0 Å². The van der Waals surface area contributed by atoms with Gasteiger partial charge in [0.1, 0.15) is 11.6 Å². The fraction of sp³-hybridized carbons (Fsp3) is 0.231. The van der Waals surface area contributed by atoms with Gasteiger partial charge in [-0.05, 0) is 25.1 Å². The summed E-state index contributed by atoms with van der Waals surface area (Å²) in [7, 11) is 0. The van der Waals surface area contributed by atoms with Crippen molar-refractivity contribution in [3.63, 3.8) is 0 Å². The number of anilines is 2. The first-order chi connectivity index (χ1) is 8.56. The number of nitrogens with two attached hydrogens (primary N) is 1. The molecule has 2 rings (SSSR count). The first-order valence-corrected chi connectivity index (χ1v) is 5.97. The summed E-state index contributed by atoms with van der Waals surface area (Å²) in [6, 6.07) is 6.54. The molecular formula is C13H14ClFN2O. The summed E-state index contributed by atoms with van der Waals surface area (Å²) in [5, 5.41) is 3.23. The molecule has 96 valence electrons. The molecule has 1 atom stereocenters. The number of nitrogen functional groups attached to an aromatic ring is 1. The minimum atomic E-state index is -0.515. The molecule has 3 nitrogen and oxygen atoms in total. The number of furan rings is 1. The second-order valence-electron chi connectivity index (χ2n) is 4.18. The predicted octanol–water partition coefficient (Wildman–Crippen LogP) is 3.70. The zero-order chi connectivity index (χ0) is 13.1. The molecule has 0 aliphatic heterocycles. The molecule has 2 aromatic rings. The van der Waals surface area contributed by atoms with Crippen molar-refractivity contribution in [3.8, 4) is 0 Å². The van der Waals surface area contributed by atoms with Gasteiger partial charge in [-0.25, -0.2) is 4.39 Å². The van der Waals surface area contributed by atoms with Crippen LogP contribution in [0.25, 0.3) is 0 Å². The van der Waals surface area contributed by atoms with Crippen LogP contribution in [0.1, 0.15) is 12.7 Å². The average molecular weight is 269 g/mol. The molecule has 1 unspecified atom stereocenters. The Balaban J connectivity index is 2.07. The van der Waals surface area contributed by atoms with E-state index in [2.05, 4.69) is 5.32 Å². The molecule has 0 amide bonds. The van der Waals surface area contributed by atoms with Crippen LogP contribution in [-0.4, -0.2) is 6.04 Å². The third-order valence-electron chi connectivity index (χ3n) is 2.58. The molecule has 0 saturated heterocycles. The van der Waals surface area contributed by atoms with E-state index in [9.17, 15) is 4.39 Å². The van der Waals surface area contributed by atoms with Gasteiger partial charge < -0.3 is 15.5 Å². The maximum atomic E-state index is 13.1. The highest BCUT2D eigenvalue weighted by Gasteiger charge is 2.10. The Labute approximate surface area is 110 Å². The van der Waals surface area contributed by atoms with Crippen molar-refractivity contribution in [1.29, 1.82) is 0 Å². The van der Waals surface area contributed by atoms with E-state index in [0.717, 1.165) is 5.76 Å². The average Bonchev–Trinajstić information content (AvgIpc) is 2.78. The highest BCUT2D eigenvalue weighted by molar-refractivity contribution is 6.31. The molecule has 0 aliphatic carbocycles. The SMILES string of the molecule is CC(Cc1ccco1)Nc1cc(Cl)c(F)cc1N. The van der Waals surface area contributed by atoms with Crippen molar-refractivity contribution in [2.45, 2.75) is 19.4 Å². The molecule has 0 aliphatic rings. The highest BCUT2D eigenvalue weighted by Crippen LogP contribution is 2.27. The third-order valence-corrected chi connectivity index (χ3v) is 2.87. The first-order valence-electron chi connectivity index (χ1n) is 5.59. The second kappa shape index (κ2) is 5.31. The van der Waals surface area contributed by atoms with E-state index < -0.39 is 5.82 Å². The van der Waals surface area contributed by atoms with Crippen molar-refractivity contribution in [1.82, 2.24) is 0 Å². The molecule has 1 aromatic heterocycles. The third kappa shape index (κ3) is 2.96. The van der Waals surface area contributed by atoms with E-state index in [0.29, 0.717) is 17.8 Å². The lowest BCUT2D eigenvalue weighted by molar-refractivity contribution is 0.498. The van der Waals surface area contributed by atoms with Crippen LogP contribution >= 0.6 is 11.6 Å². The Morgan fingerprint density at radius 3 is 2.94 bits per heavy atom. The van der Waals surface area contributed by atoms with E-state index in [4.69, 9.17) is 21.8 Å². The number of halogens is 2. The number of hydrogen-bond acceptors (Lipinski definition) is 3. The van der Waals surface area contributed by atoms with Gasteiger partial charge in [0.15, 0.2) is 0 Å². The normalized spacial score (nSPS) is 12.4. The van der Waals surface area contributed by atoms with E-state index in [1.807, 2.05) is 19.1 Å². The molecule has 0 spiro atoms. The van der Waals surface area contributed by atoms with Gasteiger partial charge >= 0.3 is 0 Å². The van der Waals surface area contributed by atoms with Crippen LogP contribution in [0.4, 0.5) is 15.8 Å². The van der Waals surface area contributed by atoms with Crippen LogP contribution in [0.15, 0.2) is 34.9 Å². The maximum absolute atomic E-state index is 13.1. The van der Waals surface area contributed by atoms with Crippen LogP contribution in [0.5, 0.6) is 0 Å². The van der Waals surface area contributed by atoms with Crippen molar-refractivity contribution in [2.75, 3.05) is 11.1 Å². The largest absolute Gasteiger partial charge is 0.469 e. The molecule has 0 radical (unpaired) electrons. The second-order valence-corrected chi connectivity index (χ2v) is 4.59. The zero-order valence-corrected chi connectivity index (χ0v) is 10.7. The summed E-state index contributed by atoms with van der Waals surface area (Å²) in [5.41, 5.74) is 6.69. The molecule has 18 heavy (non-hydrogen) atoms. The summed E-state index contributed by atoms with van der Waals surface area (Å²) >= 11 is 5.72. The van der Waals surface area contributed by atoms with Crippen LogP contribution in [0, 0.1) is 5.82 Å². The smallest absolute Gasteiger partial charge is 0.143 e. The number of nitrogens with one attached hydrogen (secondary N) is 1. The molecule has 0 fully saturated rings. The molecule has 0 saturated carbocycles. The van der Waals surface area contributed by atoms with Gasteiger partial charge in [0.2, 0.25) is 0 Å². The summed E-state index contributed by atoms with van der Waals surface area (Å²) in [4.78, 5) is 0. The minimum absolute atomic E-state index is 0.0527. The Morgan fingerprint density at radius 2 is 2.28 bits per heavy atom. The summed E-state index contributed by atoms with van der Waals surface area (Å²) in [6.07, 6.45) is 2.34. The van der Waals surface area contributed by atoms with Crippen LogP contribution < -0.4 is 11.1 Å². The lowest BCUT2D eigenvalue weighted by atomic mass is 10.1. The molecule has 1 heterocycles. The van der Waals surface area contributed by atoms with Crippen molar-refractivity contribution in [3.05, 3.63) is 47.1 Å². The van der Waals surface area contributed by atoms with E-state index in [-0.39, 0.29) is 11.1 Å².